The van der Waals surface area contributed by atoms with Crippen LogP contribution in [0.3, 0.4) is 0 Å². The number of H-pyrrole nitrogens is 1. The van der Waals surface area contributed by atoms with Crippen molar-refractivity contribution in [2.24, 2.45) is 0 Å². The summed E-state index contributed by atoms with van der Waals surface area (Å²) in [6, 6.07) is 11.0. The van der Waals surface area contributed by atoms with E-state index < -0.39 is 11.7 Å². The number of hydrogen-bond donors (Lipinski definition) is 2. The second kappa shape index (κ2) is 6.76. The highest BCUT2D eigenvalue weighted by Crippen LogP contribution is 2.24. The van der Waals surface area contributed by atoms with Crippen LogP contribution < -0.4 is 10.9 Å². The van der Waals surface area contributed by atoms with E-state index in [1.807, 2.05) is 13.0 Å². The van der Waals surface area contributed by atoms with Crippen molar-refractivity contribution in [3.05, 3.63) is 81.2 Å². The molecule has 0 unspecified atom stereocenters. The highest BCUT2D eigenvalue weighted by atomic mass is 19.1. The third-order valence-electron chi connectivity index (χ3n) is 3.89. The zero-order chi connectivity index (χ0) is 18.0. The van der Waals surface area contributed by atoms with Crippen molar-refractivity contribution >= 4 is 5.91 Å². The predicted octanol–water partition coefficient (Wildman–Crippen LogP) is 3.32. The van der Waals surface area contributed by atoms with Gasteiger partial charge in [0.25, 0.3) is 11.5 Å². The molecule has 1 aromatic carbocycles. The van der Waals surface area contributed by atoms with Crippen molar-refractivity contribution in [2.75, 3.05) is 0 Å². The Bertz CT molecular complexity index is 988. The first-order valence-electron chi connectivity index (χ1n) is 7.78. The van der Waals surface area contributed by atoms with Crippen LogP contribution in [0, 0.1) is 19.7 Å². The van der Waals surface area contributed by atoms with Crippen LogP contribution in [0.15, 0.2) is 51.7 Å². The van der Waals surface area contributed by atoms with Gasteiger partial charge in [-0.05, 0) is 49.7 Å². The normalized spacial score (nSPS) is 10.7. The number of pyridine rings is 1. The Morgan fingerprint density at radius 2 is 1.96 bits per heavy atom. The number of rotatable bonds is 4. The monoisotopic (exact) mass is 340 g/mol. The van der Waals surface area contributed by atoms with E-state index >= 15 is 0 Å². The number of hydrogen-bond acceptors (Lipinski definition) is 3. The van der Waals surface area contributed by atoms with E-state index in [0.717, 1.165) is 11.3 Å². The first kappa shape index (κ1) is 16.7. The Kier molecular flexibility index (Phi) is 4.52. The van der Waals surface area contributed by atoms with Crippen molar-refractivity contribution in [2.45, 2.75) is 20.4 Å². The smallest absolute Gasteiger partial charge is 0.287 e. The minimum absolute atomic E-state index is 0.0550. The van der Waals surface area contributed by atoms with Crippen LogP contribution in [-0.2, 0) is 6.54 Å². The second-order valence-electron chi connectivity index (χ2n) is 5.77. The molecular formula is C19H17FN2O3. The zero-order valence-corrected chi connectivity index (χ0v) is 13.9. The number of amides is 1. The summed E-state index contributed by atoms with van der Waals surface area (Å²) in [5, 5.41) is 2.65. The molecule has 0 radical (unpaired) electrons. The average molecular weight is 340 g/mol. The van der Waals surface area contributed by atoms with Gasteiger partial charge in [0.15, 0.2) is 5.76 Å². The van der Waals surface area contributed by atoms with E-state index in [1.54, 1.807) is 25.1 Å². The lowest BCUT2D eigenvalue weighted by molar-refractivity contribution is 0.0924. The van der Waals surface area contributed by atoms with Crippen molar-refractivity contribution in [1.29, 1.82) is 0 Å². The molecule has 0 saturated heterocycles. The highest BCUT2D eigenvalue weighted by molar-refractivity contribution is 5.92. The number of aryl methyl sites for hydroxylation is 2. The number of nitrogens with one attached hydrogen (secondary N) is 2. The summed E-state index contributed by atoms with van der Waals surface area (Å²) in [6.45, 7) is 3.69. The summed E-state index contributed by atoms with van der Waals surface area (Å²) >= 11 is 0. The van der Waals surface area contributed by atoms with Gasteiger partial charge < -0.3 is 14.7 Å². The van der Waals surface area contributed by atoms with Crippen molar-refractivity contribution in [3.8, 4) is 11.3 Å². The number of carbonyl (C=O) groups excluding carboxylic acids is 1. The molecule has 0 saturated carbocycles. The summed E-state index contributed by atoms with van der Waals surface area (Å²) in [7, 11) is 0. The molecule has 6 heteroatoms. The Morgan fingerprint density at radius 3 is 2.68 bits per heavy atom. The van der Waals surface area contributed by atoms with Gasteiger partial charge in [0.05, 0.1) is 5.56 Å². The molecule has 3 aromatic rings. The van der Waals surface area contributed by atoms with Crippen LogP contribution in [0.25, 0.3) is 11.3 Å². The maximum atomic E-state index is 13.8. The minimum Gasteiger partial charge on any atom is -0.451 e. The molecule has 2 heterocycles. The first-order valence-corrected chi connectivity index (χ1v) is 7.78. The number of halogens is 1. The molecule has 2 N–H and O–H groups in total. The third kappa shape index (κ3) is 3.52. The van der Waals surface area contributed by atoms with Gasteiger partial charge in [0.1, 0.15) is 11.6 Å². The maximum absolute atomic E-state index is 13.8. The van der Waals surface area contributed by atoms with Crippen LogP contribution in [0.5, 0.6) is 0 Å². The fourth-order valence-electron chi connectivity index (χ4n) is 2.62. The minimum atomic E-state index is -0.470. The quantitative estimate of drug-likeness (QED) is 0.765. The Balaban J connectivity index is 1.75. The van der Waals surface area contributed by atoms with Gasteiger partial charge in [-0.15, -0.1) is 0 Å². The van der Waals surface area contributed by atoms with Crippen LogP contribution in [0.1, 0.15) is 27.4 Å². The van der Waals surface area contributed by atoms with Gasteiger partial charge in [0, 0.05) is 17.8 Å². The average Bonchev–Trinajstić information content (AvgIpc) is 3.04. The largest absolute Gasteiger partial charge is 0.451 e. The van der Waals surface area contributed by atoms with E-state index in [9.17, 15) is 14.0 Å². The molecule has 1 amide bonds. The number of aromatic amines is 1. The SMILES string of the molecule is Cc1cc(C)c(CNC(=O)c2ccc(-c3ccccc3F)o2)c(=O)[nH]1. The highest BCUT2D eigenvalue weighted by Gasteiger charge is 2.15. The van der Waals surface area contributed by atoms with Gasteiger partial charge in [0.2, 0.25) is 0 Å². The lowest BCUT2D eigenvalue weighted by atomic mass is 10.1. The number of aromatic nitrogens is 1. The van der Waals surface area contributed by atoms with Crippen LogP contribution >= 0.6 is 0 Å². The number of carbonyl (C=O) groups is 1. The van der Waals surface area contributed by atoms with E-state index in [1.165, 1.54) is 18.2 Å². The van der Waals surface area contributed by atoms with Crippen LogP contribution in [0.4, 0.5) is 4.39 Å². The second-order valence-corrected chi connectivity index (χ2v) is 5.77. The summed E-state index contributed by atoms with van der Waals surface area (Å²) in [5.74, 6) is -0.570. The Labute approximate surface area is 143 Å². The Hall–Kier alpha value is -3.15. The molecule has 0 aliphatic carbocycles. The molecule has 5 nitrogen and oxygen atoms in total. The molecule has 0 aliphatic heterocycles. The Morgan fingerprint density at radius 1 is 1.20 bits per heavy atom. The van der Waals surface area contributed by atoms with E-state index in [2.05, 4.69) is 10.3 Å². The summed E-state index contributed by atoms with van der Waals surface area (Å²) in [4.78, 5) is 26.9. The molecule has 0 aliphatic rings. The molecule has 0 spiro atoms. The number of furan rings is 1. The fraction of sp³-hybridized carbons (Fsp3) is 0.158. The van der Waals surface area contributed by atoms with Crippen LogP contribution in [0.2, 0.25) is 0 Å². The molecular weight excluding hydrogens is 323 g/mol. The third-order valence-corrected chi connectivity index (χ3v) is 3.89. The lowest BCUT2D eigenvalue weighted by Gasteiger charge is -2.07. The number of benzene rings is 1. The van der Waals surface area contributed by atoms with Crippen molar-refractivity contribution < 1.29 is 13.6 Å². The van der Waals surface area contributed by atoms with E-state index in [4.69, 9.17) is 4.42 Å². The molecule has 0 atom stereocenters. The van der Waals surface area contributed by atoms with E-state index in [-0.39, 0.29) is 29.2 Å². The first-order chi connectivity index (χ1) is 12.0. The van der Waals surface area contributed by atoms with Gasteiger partial charge in [-0.2, -0.15) is 0 Å². The van der Waals surface area contributed by atoms with Gasteiger partial charge in [-0.25, -0.2) is 4.39 Å². The summed E-state index contributed by atoms with van der Waals surface area (Å²) < 4.78 is 19.2. The maximum Gasteiger partial charge on any atom is 0.287 e. The standard InChI is InChI=1S/C19H17FN2O3/c1-11-9-12(2)22-18(23)14(11)10-21-19(24)17-8-7-16(25-17)13-5-3-4-6-15(13)20/h3-9H,10H2,1-2H3,(H,21,24)(H,22,23). The van der Waals surface area contributed by atoms with E-state index in [0.29, 0.717) is 5.56 Å². The lowest BCUT2D eigenvalue weighted by Crippen LogP contribution is -2.27. The molecule has 128 valence electrons. The van der Waals surface area contributed by atoms with Gasteiger partial charge in [-0.1, -0.05) is 12.1 Å². The van der Waals surface area contributed by atoms with Gasteiger partial charge in [-0.3, -0.25) is 9.59 Å². The fourth-order valence-corrected chi connectivity index (χ4v) is 2.62. The summed E-state index contributed by atoms with van der Waals surface area (Å²) in [6.07, 6.45) is 0. The topological polar surface area (TPSA) is 75.1 Å². The predicted molar refractivity (Wildman–Crippen MR) is 91.8 cm³/mol. The molecule has 2 aromatic heterocycles. The van der Waals surface area contributed by atoms with Crippen molar-refractivity contribution in [3.63, 3.8) is 0 Å². The van der Waals surface area contributed by atoms with Gasteiger partial charge >= 0.3 is 0 Å². The molecule has 3 rings (SSSR count). The molecule has 25 heavy (non-hydrogen) atoms. The summed E-state index contributed by atoms with van der Waals surface area (Å²) in [5.41, 5.74) is 2.10. The van der Waals surface area contributed by atoms with Crippen molar-refractivity contribution in [1.82, 2.24) is 10.3 Å². The molecule has 0 fully saturated rings. The molecule has 0 bridgehead atoms. The van der Waals surface area contributed by atoms with Crippen LogP contribution in [-0.4, -0.2) is 10.9 Å². The zero-order valence-electron chi connectivity index (χ0n) is 13.9.